The third-order valence-corrected chi connectivity index (χ3v) is 5.60. The van der Waals surface area contributed by atoms with Crippen LogP contribution in [-0.4, -0.2) is 27.9 Å². The molecule has 4 rings (SSSR count). The van der Waals surface area contributed by atoms with Gasteiger partial charge in [0.05, 0.1) is 17.3 Å². The molecular formula is C21H21N3O3S. The van der Waals surface area contributed by atoms with E-state index >= 15 is 0 Å². The Morgan fingerprint density at radius 1 is 1.25 bits per heavy atom. The molecule has 6 nitrogen and oxygen atoms in total. The maximum atomic E-state index is 12.8. The summed E-state index contributed by atoms with van der Waals surface area (Å²) in [5, 5.41) is 2.48. The number of likely N-dealkylation sites (tertiary alicyclic amines) is 1. The van der Waals surface area contributed by atoms with E-state index in [4.69, 9.17) is 4.42 Å². The minimum Gasteiger partial charge on any atom is -0.439 e. The van der Waals surface area contributed by atoms with E-state index in [0.717, 1.165) is 17.5 Å². The molecule has 1 unspecified atom stereocenters. The van der Waals surface area contributed by atoms with E-state index in [2.05, 4.69) is 22.9 Å². The molecule has 144 valence electrons. The lowest BCUT2D eigenvalue weighted by molar-refractivity contribution is -0.140. The van der Waals surface area contributed by atoms with E-state index in [9.17, 15) is 9.59 Å². The molecule has 1 aliphatic heterocycles. The topological polar surface area (TPSA) is 75.4 Å². The highest BCUT2D eigenvalue weighted by Crippen LogP contribution is 2.36. The molecule has 3 amide bonds. The van der Waals surface area contributed by atoms with Gasteiger partial charge in [-0.25, -0.2) is 9.78 Å². The lowest BCUT2D eigenvalue weighted by atomic mass is 9.98. The predicted molar refractivity (Wildman–Crippen MR) is 109 cm³/mol. The lowest BCUT2D eigenvalue weighted by Gasteiger charge is -2.41. The second kappa shape index (κ2) is 7.67. The van der Waals surface area contributed by atoms with Crippen molar-refractivity contribution in [1.29, 1.82) is 0 Å². The Balaban J connectivity index is 1.50. The number of carbonyl (C=O) groups excluding carboxylic acids is 2. The Bertz CT molecular complexity index is 971. The molecule has 0 aliphatic carbocycles. The number of nitrogens with one attached hydrogen (secondary N) is 1. The molecule has 2 heterocycles. The number of para-hydroxylation sites is 2. The van der Waals surface area contributed by atoms with Gasteiger partial charge in [0, 0.05) is 6.42 Å². The highest BCUT2D eigenvalue weighted by Gasteiger charge is 2.46. The van der Waals surface area contributed by atoms with Crippen LogP contribution in [0.4, 0.5) is 4.79 Å². The molecule has 1 fully saturated rings. The van der Waals surface area contributed by atoms with E-state index in [1.54, 1.807) is 0 Å². The number of rotatable bonds is 5. The monoisotopic (exact) mass is 395 g/mol. The number of oxazole rings is 1. The first-order valence-electron chi connectivity index (χ1n) is 9.29. The van der Waals surface area contributed by atoms with Crippen LogP contribution in [0.5, 0.6) is 0 Å². The van der Waals surface area contributed by atoms with Crippen molar-refractivity contribution in [1.82, 2.24) is 15.2 Å². The fraction of sp³-hybridized carbons (Fsp3) is 0.286. The predicted octanol–water partition coefficient (Wildman–Crippen LogP) is 4.26. The van der Waals surface area contributed by atoms with Gasteiger partial charge in [0.1, 0.15) is 5.52 Å². The van der Waals surface area contributed by atoms with Crippen LogP contribution in [0, 0.1) is 0 Å². The molecule has 2 aromatic carbocycles. The Morgan fingerprint density at radius 2 is 1.96 bits per heavy atom. The van der Waals surface area contributed by atoms with Gasteiger partial charge in [-0.05, 0) is 24.1 Å². The van der Waals surface area contributed by atoms with Crippen LogP contribution in [0.3, 0.4) is 0 Å². The van der Waals surface area contributed by atoms with Gasteiger partial charge in [-0.1, -0.05) is 49.4 Å². The minimum atomic E-state index is -0.479. The highest BCUT2D eigenvalue weighted by atomic mass is 32.1. The summed E-state index contributed by atoms with van der Waals surface area (Å²) in [5.74, 6) is 0.190. The Hall–Kier alpha value is -2.80. The maximum absolute atomic E-state index is 12.8. The van der Waals surface area contributed by atoms with Crippen molar-refractivity contribution in [3.63, 3.8) is 0 Å². The summed E-state index contributed by atoms with van der Waals surface area (Å²) in [6, 6.07) is 16.2. The van der Waals surface area contributed by atoms with Crippen molar-refractivity contribution >= 4 is 35.7 Å². The molecule has 0 spiro atoms. The second-order valence-corrected chi connectivity index (χ2v) is 7.38. The number of hydrogen-bond donors (Lipinski definition) is 2. The van der Waals surface area contributed by atoms with Crippen LogP contribution < -0.4 is 5.32 Å². The average molecular weight is 395 g/mol. The molecule has 1 aliphatic rings. The molecule has 7 heteroatoms. The molecular weight excluding hydrogens is 374 g/mol. The first-order chi connectivity index (χ1) is 13.6. The van der Waals surface area contributed by atoms with Crippen molar-refractivity contribution in [2.75, 3.05) is 0 Å². The SMILES string of the molecule is CC[C@@H](NC(=O)N1C(=O)C[C@@H]1C(S)c1nc2ccccc2o1)c1ccccc1. The van der Waals surface area contributed by atoms with E-state index in [0.29, 0.717) is 11.5 Å². The molecule has 1 saturated heterocycles. The summed E-state index contributed by atoms with van der Waals surface area (Å²) in [7, 11) is 0. The molecule has 3 aromatic rings. The number of imide groups is 1. The Labute approximate surface area is 168 Å². The number of nitrogens with zero attached hydrogens (tertiary/aromatic N) is 2. The van der Waals surface area contributed by atoms with Gasteiger partial charge in [-0.15, -0.1) is 0 Å². The van der Waals surface area contributed by atoms with E-state index in [1.807, 2.05) is 61.5 Å². The van der Waals surface area contributed by atoms with E-state index in [-0.39, 0.29) is 18.4 Å². The fourth-order valence-corrected chi connectivity index (χ4v) is 3.81. The number of fused-ring (bicyclic) bond motifs is 1. The summed E-state index contributed by atoms with van der Waals surface area (Å²) in [4.78, 5) is 30.7. The van der Waals surface area contributed by atoms with Crippen molar-refractivity contribution < 1.29 is 14.0 Å². The standard InChI is InChI=1S/C21H21N3O3S/c1-2-14(13-8-4-3-5-9-13)23-21(26)24-16(12-18(24)25)19(28)20-22-15-10-6-7-11-17(15)27-20/h3-11,14,16,19,28H,2,12H2,1H3,(H,23,26)/t14-,16-,19?/m1/s1. The number of thiol groups is 1. The summed E-state index contributed by atoms with van der Waals surface area (Å²) in [6.45, 7) is 1.99. The van der Waals surface area contributed by atoms with Gasteiger partial charge in [0.15, 0.2) is 5.58 Å². The third kappa shape index (κ3) is 3.38. The summed E-state index contributed by atoms with van der Waals surface area (Å²) in [6.07, 6.45) is 0.959. The zero-order chi connectivity index (χ0) is 19.7. The normalized spacial score (nSPS) is 18.6. The third-order valence-electron chi connectivity index (χ3n) is 5.04. The highest BCUT2D eigenvalue weighted by molar-refractivity contribution is 7.80. The number of benzene rings is 2. The number of aromatic nitrogens is 1. The largest absolute Gasteiger partial charge is 0.439 e. The zero-order valence-electron chi connectivity index (χ0n) is 15.4. The molecule has 3 atom stereocenters. The molecule has 0 bridgehead atoms. The molecule has 0 saturated carbocycles. The number of hydrogen-bond acceptors (Lipinski definition) is 5. The Kier molecular flexibility index (Phi) is 5.09. The Morgan fingerprint density at radius 3 is 2.64 bits per heavy atom. The molecule has 28 heavy (non-hydrogen) atoms. The number of amides is 3. The van der Waals surface area contributed by atoms with Gasteiger partial charge in [-0.2, -0.15) is 12.6 Å². The summed E-state index contributed by atoms with van der Waals surface area (Å²) >= 11 is 4.60. The molecule has 0 radical (unpaired) electrons. The van der Waals surface area contributed by atoms with Crippen LogP contribution in [0.2, 0.25) is 0 Å². The molecule has 1 aromatic heterocycles. The van der Waals surface area contributed by atoms with Gasteiger partial charge in [0.25, 0.3) is 0 Å². The van der Waals surface area contributed by atoms with Crippen LogP contribution in [-0.2, 0) is 4.79 Å². The van der Waals surface area contributed by atoms with Crippen LogP contribution in [0.25, 0.3) is 11.1 Å². The quantitative estimate of drug-likeness (QED) is 0.500. The van der Waals surface area contributed by atoms with Crippen molar-refractivity contribution in [3.05, 3.63) is 66.1 Å². The summed E-state index contributed by atoms with van der Waals surface area (Å²) in [5.41, 5.74) is 2.39. The first kappa shape index (κ1) is 18.6. The van der Waals surface area contributed by atoms with Gasteiger partial charge in [0.2, 0.25) is 11.8 Å². The number of β-lactam (4-membered cyclic amide) rings is 1. The number of urea groups is 1. The average Bonchev–Trinajstić information content (AvgIpc) is 3.14. The van der Waals surface area contributed by atoms with Gasteiger partial charge >= 0.3 is 6.03 Å². The summed E-state index contributed by atoms with van der Waals surface area (Å²) < 4.78 is 5.76. The molecule has 1 N–H and O–H groups in total. The zero-order valence-corrected chi connectivity index (χ0v) is 16.3. The van der Waals surface area contributed by atoms with Gasteiger partial charge < -0.3 is 9.73 Å². The smallest absolute Gasteiger partial charge is 0.324 e. The van der Waals surface area contributed by atoms with Crippen molar-refractivity contribution in [2.45, 2.75) is 37.1 Å². The first-order valence-corrected chi connectivity index (χ1v) is 9.81. The van der Waals surface area contributed by atoms with Crippen LogP contribution in [0.15, 0.2) is 59.0 Å². The van der Waals surface area contributed by atoms with Gasteiger partial charge in [-0.3, -0.25) is 9.69 Å². The van der Waals surface area contributed by atoms with E-state index in [1.165, 1.54) is 4.90 Å². The number of carbonyl (C=O) groups is 2. The second-order valence-electron chi connectivity index (χ2n) is 6.82. The van der Waals surface area contributed by atoms with Crippen molar-refractivity contribution in [2.24, 2.45) is 0 Å². The minimum absolute atomic E-state index is 0.162. The van der Waals surface area contributed by atoms with Crippen LogP contribution >= 0.6 is 12.6 Å². The van der Waals surface area contributed by atoms with E-state index < -0.39 is 17.3 Å². The fourth-order valence-electron chi connectivity index (χ4n) is 3.46. The van der Waals surface area contributed by atoms with Crippen LogP contribution in [0.1, 0.15) is 42.5 Å². The lowest BCUT2D eigenvalue weighted by Crippen LogP contribution is -2.60. The van der Waals surface area contributed by atoms with Crippen molar-refractivity contribution in [3.8, 4) is 0 Å². The maximum Gasteiger partial charge on any atom is 0.324 e.